The normalized spacial score (nSPS) is 18.6. The molecule has 0 bridgehead atoms. The van der Waals surface area contributed by atoms with Crippen LogP contribution < -0.4 is 4.74 Å². The van der Waals surface area contributed by atoms with Gasteiger partial charge in [0.25, 0.3) is 0 Å². The van der Waals surface area contributed by atoms with Gasteiger partial charge in [-0.05, 0) is 30.7 Å². The third-order valence-corrected chi connectivity index (χ3v) is 6.08. The molecule has 3 rings (SSSR count). The third-order valence-electron chi connectivity index (χ3n) is 4.21. The van der Waals surface area contributed by atoms with Crippen molar-refractivity contribution in [2.24, 2.45) is 5.92 Å². The number of aromatic nitrogens is 1. The first-order valence-corrected chi connectivity index (χ1v) is 9.52. The first-order valence-electron chi connectivity index (χ1n) is 8.08. The van der Waals surface area contributed by atoms with Gasteiger partial charge in [0.05, 0.1) is 23.3 Å². The summed E-state index contributed by atoms with van der Waals surface area (Å²) in [5.41, 5.74) is -1.01. The summed E-state index contributed by atoms with van der Waals surface area (Å²) in [4.78, 5) is 3.36. The molecule has 0 spiro atoms. The van der Waals surface area contributed by atoms with E-state index in [9.17, 15) is 26.0 Å². The Morgan fingerprint density at radius 1 is 1.22 bits per heavy atom. The molecule has 1 aliphatic rings. The Morgan fingerprint density at radius 2 is 2.00 bits per heavy atom. The van der Waals surface area contributed by atoms with E-state index in [4.69, 9.17) is 4.74 Å². The molecule has 1 aromatic heterocycles. The number of ether oxygens (including phenoxy) is 1. The molecule has 1 atom stereocenters. The smallest absolute Gasteiger partial charge is 0.416 e. The molecule has 0 aliphatic carbocycles. The van der Waals surface area contributed by atoms with Crippen LogP contribution in [0.15, 0.2) is 47.5 Å². The van der Waals surface area contributed by atoms with Crippen molar-refractivity contribution >= 4 is 10.0 Å². The molecule has 1 aliphatic heterocycles. The number of benzene rings is 1. The zero-order valence-electron chi connectivity index (χ0n) is 14.0. The summed E-state index contributed by atoms with van der Waals surface area (Å²) in [6, 6.07) is 6.25. The molecule has 0 radical (unpaired) electrons. The first kappa shape index (κ1) is 19.6. The van der Waals surface area contributed by atoms with Crippen LogP contribution in [0.4, 0.5) is 17.6 Å². The predicted molar refractivity (Wildman–Crippen MR) is 88.0 cm³/mol. The second kappa shape index (κ2) is 7.43. The van der Waals surface area contributed by atoms with Gasteiger partial charge in [-0.25, -0.2) is 17.8 Å². The van der Waals surface area contributed by atoms with Crippen LogP contribution in [0.2, 0.25) is 0 Å². The average molecular weight is 404 g/mol. The van der Waals surface area contributed by atoms with Gasteiger partial charge in [0.15, 0.2) is 0 Å². The van der Waals surface area contributed by atoms with E-state index in [0.717, 1.165) is 28.7 Å². The van der Waals surface area contributed by atoms with E-state index in [0.29, 0.717) is 12.5 Å². The average Bonchev–Trinajstić information content (AvgIpc) is 3.10. The van der Waals surface area contributed by atoms with Gasteiger partial charge in [0, 0.05) is 25.1 Å². The van der Waals surface area contributed by atoms with Crippen LogP contribution in [0, 0.1) is 11.7 Å². The summed E-state index contributed by atoms with van der Waals surface area (Å²) in [5.74, 6) is -0.422. The van der Waals surface area contributed by atoms with E-state index in [2.05, 4.69) is 4.98 Å². The number of pyridine rings is 1. The Kier molecular flexibility index (Phi) is 5.38. The van der Waals surface area contributed by atoms with Crippen molar-refractivity contribution in [3.8, 4) is 5.88 Å². The molecular weight excluding hydrogens is 388 g/mol. The third kappa shape index (κ3) is 4.56. The molecular formula is C17H16F4N2O3S. The minimum Gasteiger partial charge on any atom is -0.477 e. The Morgan fingerprint density at radius 3 is 2.67 bits per heavy atom. The second-order valence-electron chi connectivity index (χ2n) is 6.17. The summed E-state index contributed by atoms with van der Waals surface area (Å²) in [7, 11) is -4.03. The first-order chi connectivity index (χ1) is 12.7. The van der Waals surface area contributed by atoms with Crippen molar-refractivity contribution in [3.63, 3.8) is 0 Å². The molecule has 10 heteroatoms. The van der Waals surface area contributed by atoms with Gasteiger partial charge >= 0.3 is 6.18 Å². The maximum Gasteiger partial charge on any atom is 0.416 e. The maximum atomic E-state index is 12.8. The van der Waals surface area contributed by atoms with Crippen LogP contribution in [0.5, 0.6) is 5.88 Å². The van der Waals surface area contributed by atoms with Crippen molar-refractivity contribution in [2.45, 2.75) is 17.5 Å². The van der Waals surface area contributed by atoms with Gasteiger partial charge in [-0.1, -0.05) is 6.07 Å². The van der Waals surface area contributed by atoms with Gasteiger partial charge < -0.3 is 4.74 Å². The van der Waals surface area contributed by atoms with E-state index in [1.165, 1.54) is 12.1 Å². The van der Waals surface area contributed by atoms with Crippen molar-refractivity contribution in [2.75, 3.05) is 19.7 Å². The molecule has 27 heavy (non-hydrogen) atoms. The molecule has 0 N–H and O–H groups in total. The molecule has 0 saturated carbocycles. The molecule has 1 unspecified atom stereocenters. The number of rotatable bonds is 5. The summed E-state index contributed by atoms with van der Waals surface area (Å²) in [6.07, 6.45) is -3.11. The predicted octanol–water partition coefficient (Wildman–Crippen LogP) is 3.33. The van der Waals surface area contributed by atoms with Crippen LogP contribution >= 0.6 is 0 Å². The van der Waals surface area contributed by atoms with Crippen LogP contribution in [0.3, 0.4) is 0 Å². The Balaban J connectivity index is 1.66. The number of halogens is 4. The number of hydrogen-bond donors (Lipinski definition) is 0. The number of hydrogen-bond acceptors (Lipinski definition) is 4. The topological polar surface area (TPSA) is 59.5 Å². The molecule has 2 aromatic rings. The highest BCUT2D eigenvalue weighted by Gasteiger charge is 2.35. The lowest BCUT2D eigenvalue weighted by atomic mass is 10.1. The van der Waals surface area contributed by atoms with E-state index >= 15 is 0 Å². The monoisotopic (exact) mass is 404 g/mol. The molecule has 1 saturated heterocycles. The van der Waals surface area contributed by atoms with Crippen molar-refractivity contribution < 1.29 is 30.7 Å². The SMILES string of the molecule is O=S(=O)(c1cccc(C(F)(F)F)c1)N1CCC(COc2ccc(F)cn2)C1. The van der Waals surface area contributed by atoms with Gasteiger partial charge in [0.1, 0.15) is 5.82 Å². The molecule has 0 amide bonds. The maximum absolute atomic E-state index is 12.8. The lowest BCUT2D eigenvalue weighted by molar-refractivity contribution is -0.137. The molecule has 2 heterocycles. The van der Waals surface area contributed by atoms with Crippen molar-refractivity contribution in [3.05, 3.63) is 54.0 Å². The van der Waals surface area contributed by atoms with Gasteiger partial charge in [-0.2, -0.15) is 17.5 Å². The lowest BCUT2D eigenvalue weighted by Crippen LogP contribution is -2.30. The summed E-state index contributed by atoms with van der Waals surface area (Å²) >= 11 is 0. The number of nitrogens with zero attached hydrogens (tertiary/aromatic N) is 2. The quantitative estimate of drug-likeness (QED) is 0.718. The van der Waals surface area contributed by atoms with E-state index in [1.54, 1.807) is 0 Å². The number of alkyl halides is 3. The van der Waals surface area contributed by atoms with Crippen LogP contribution in [0.25, 0.3) is 0 Å². The van der Waals surface area contributed by atoms with Crippen molar-refractivity contribution in [1.82, 2.24) is 9.29 Å². The lowest BCUT2D eigenvalue weighted by Gasteiger charge is -2.18. The highest BCUT2D eigenvalue weighted by atomic mass is 32.2. The van der Waals surface area contributed by atoms with Crippen LogP contribution in [-0.4, -0.2) is 37.4 Å². The minimum atomic E-state index is -4.62. The van der Waals surface area contributed by atoms with E-state index in [-0.39, 0.29) is 36.4 Å². The van der Waals surface area contributed by atoms with E-state index < -0.39 is 27.6 Å². The Hall–Kier alpha value is -2.20. The Labute approximate surface area is 153 Å². The van der Waals surface area contributed by atoms with Crippen LogP contribution in [-0.2, 0) is 16.2 Å². The molecule has 5 nitrogen and oxygen atoms in total. The fourth-order valence-electron chi connectivity index (χ4n) is 2.78. The fraction of sp³-hybridized carbons (Fsp3) is 0.353. The largest absolute Gasteiger partial charge is 0.477 e. The minimum absolute atomic E-state index is 0.125. The zero-order chi connectivity index (χ0) is 19.7. The van der Waals surface area contributed by atoms with E-state index in [1.807, 2.05) is 0 Å². The zero-order valence-corrected chi connectivity index (χ0v) is 14.8. The van der Waals surface area contributed by atoms with Gasteiger partial charge in [-0.3, -0.25) is 0 Å². The highest BCUT2D eigenvalue weighted by Crippen LogP contribution is 2.32. The van der Waals surface area contributed by atoms with Crippen molar-refractivity contribution in [1.29, 1.82) is 0 Å². The van der Waals surface area contributed by atoms with Gasteiger partial charge in [0.2, 0.25) is 15.9 Å². The summed E-state index contributed by atoms with van der Waals surface area (Å²) < 4.78 is 83.1. The standard InChI is InChI=1S/C17H16F4N2O3S/c18-14-4-5-16(22-9-14)26-11-12-6-7-23(10-12)27(24,25)15-3-1-2-13(8-15)17(19,20)21/h1-5,8-9,12H,6-7,10-11H2. The summed E-state index contributed by atoms with van der Waals surface area (Å²) in [5, 5.41) is 0. The highest BCUT2D eigenvalue weighted by molar-refractivity contribution is 7.89. The molecule has 146 valence electrons. The Bertz CT molecular complexity index is 901. The second-order valence-corrected chi connectivity index (χ2v) is 8.11. The molecule has 1 aromatic carbocycles. The number of sulfonamides is 1. The van der Waals surface area contributed by atoms with Crippen LogP contribution in [0.1, 0.15) is 12.0 Å². The fourth-order valence-corrected chi connectivity index (χ4v) is 4.36. The van der Waals surface area contributed by atoms with Gasteiger partial charge in [-0.15, -0.1) is 0 Å². The molecule has 1 fully saturated rings. The summed E-state index contributed by atoms with van der Waals surface area (Å²) in [6.45, 7) is 0.483.